The van der Waals surface area contributed by atoms with Gasteiger partial charge in [0.05, 0.1) is 5.56 Å². The molecule has 3 aromatic carbocycles. The maximum Gasteiger partial charge on any atom is 0.231 e. The molecule has 28 heavy (non-hydrogen) atoms. The second kappa shape index (κ2) is 7.31. The maximum atomic E-state index is 13.9. The van der Waals surface area contributed by atoms with Crippen molar-refractivity contribution in [3.05, 3.63) is 100 Å². The minimum atomic E-state index is -0.402. The summed E-state index contributed by atoms with van der Waals surface area (Å²) in [5.41, 5.74) is 3.77. The highest BCUT2D eigenvalue weighted by atomic mass is 19.1. The van der Waals surface area contributed by atoms with E-state index in [1.165, 1.54) is 17.7 Å². The van der Waals surface area contributed by atoms with E-state index in [0.29, 0.717) is 29.2 Å². The number of ketones is 1. The fraction of sp³-hybridized carbons (Fsp3) is 0.125. The van der Waals surface area contributed by atoms with Crippen LogP contribution in [0.3, 0.4) is 0 Å². The molecule has 0 unspecified atom stereocenters. The Labute approximate surface area is 163 Å². The third kappa shape index (κ3) is 3.41. The Morgan fingerprint density at radius 2 is 1.75 bits per heavy atom. The predicted octanol–water partition coefficient (Wildman–Crippen LogP) is 5.64. The standard InChI is InChI=1S/C24H19FO3/c1-15-7-9-17(10-8-15)14-27-21-12-11-19-23(26)22(28-24(19)16(21)2)13-18-5-3-4-6-20(18)25/h3-13H,14H2,1-2H3/b22-13-. The van der Waals surface area contributed by atoms with Crippen LogP contribution in [0.5, 0.6) is 11.5 Å². The summed E-state index contributed by atoms with van der Waals surface area (Å²) in [6.07, 6.45) is 1.43. The van der Waals surface area contributed by atoms with Crippen molar-refractivity contribution in [2.24, 2.45) is 0 Å². The molecule has 4 rings (SSSR count). The van der Waals surface area contributed by atoms with Crippen molar-refractivity contribution >= 4 is 11.9 Å². The van der Waals surface area contributed by atoms with Gasteiger partial charge in [0.2, 0.25) is 5.78 Å². The van der Waals surface area contributed by atoms with Gasteiger partial charge in [-0.1, -0.05) is 48.0 Å². The number of halogens is 1. The molecule has 0 spiro atoms. The first-order valence-corrected chi connectivity index (χ1v) is 9.03. The molecule has 1 aliphatic heterocycles. The lowest BCUT2D eigenvalue weighted by Gasteiger charge is -2.11. The number of ether oxygens (including phenoxy) is 2. The van der Waals surface area contributed by atoms with Crippen LogP contribution in [-0.4, -0.2) is 5.78 Å². The van der Waals surface area contributed by atoms with Gasteiger partial charge in [0.1, 0.15) is 23.9 Å². The van der Waals surface area contributed by atoms with Crippen LogP contribution in [0, 0.1) is 19.7 Å². The highest BCUT2D eigenvalue weighted by Crippen LogP contribution is 2.39. The van der Waals surface area contributed by atoms with Crippen molar-refractivity contribution in [2.45, 2.75) is 20.5 Å². The molecule has 4 heteroatoms. The summed E-state index contributed by atoms with van der Waals surface area (Å²) >= 11 is 0. The Balaban J connectivity index is 1.58. The third-order valence-electron chi connectivity index (χ3n) is 4.74. The van der Waals surface area contributed by atoms with Crippen molar-refractivity contribution in [3.8, 4) is 11.5 Å². The largest absolute Gasteiger partial charge is 0.488 e. The van der Waals surface area contributed by atoms with E-state index in [9.17, 15) is 9.18 Å². The molecule has 0 aromatic heterocycles. The number of fused-ring (bicyclic) bond motifs is 1. The van der Waals surface area contributed by atoms with Gasteiger partial charge in [-0.2, -0.15) is 0 Å². The van der Waals surface area contributed by atoms with E-state index in [4.69, 9.17) is 9.47 Å². The highest BCUT2D eigenvalue weighted by molar-refractivity contribution is 6.15. The van der Waals surface area contributed by atoms with Gasteiger partial charge in [0.15, 0.2) is 5.76 Å². The molecule has 0 saturated carbocycles. The van der Waals surface area contributed by atoms with Crippen LogP contribution in [0.4, 0.5) is 4.39 Å². The van der Waals surface area contributed by atoms with Crippen LogP contribution in [-0.2, 0) is 6.61 Å². The van der Waals surface area contributed by atoms with E-state index >= 15 is 0 Å². The molecular weight excluding hydrogens is 355 g/mol. The van der Waals surface area contributed by atoms with Gasteiger partial charge < -0.3 is 9.47 Å². The van der Waals surface area contributed by atoms with Gasteiger partial charge in [-0.25, -0.2) is 4.39 Å². The van der Waals surface area contributed by atoms with E-state index in [-0.39, 0.29) is 11.5 Å². The SMILES string of the molecule is Cc1ccc(COc2ccc3c(c2C)O/C(=C\c2ccccc2F)C3=O)cc1. The zero-order valence-electron chi connectivity index (χ0n) is 15.7. The Morgan fingerprint density at radius 3 is 2.50 bits per heavy atom. The summed E-state index contributed by atoms with van der Waals surface area (Å²) in [4.78, 5) is 12.6. The summed E-state index contributed by atoms with van der Waals surface area (Å²) in [6, 6.07) is 17.8. The number of rotatable bonds is 4. The quantitative estimate of drug-likeness (QED) is 0.555. The fourth-order valence-electron chi connectivity index (χ4n) is 3.10. The van der Waals surface area contributed by atoms with Crippen LogP contribution in [0.2, 0.25) is 0 Å². The van der Waals surface area contributed by atoms with Crippen LogP contribution in [0.25, 0.3) is 6.08 Å². The maximum absolute atomic E-state index is 13.9. The molecule has 140 valence electrons. The monoisotopic (exact) mass is 374 g/mol. The zero-order chi connectivity index (χ0) is 19.7. The molecule has 0 atom stereocenters. The third-order valence-corrected chi connectivity index (χ3v) is 4.74. The molecule has 3 nitrogen and oxygen atoms in total. The minimum absolute atomic E-state index is 0.110. The van der Waals surface area contributed by atoms with Crippen molar-refractivity contribution in [2.75, 3.05) is 0 Å². The number of benzene rings is 3. The topological polar surface area (TPSA) is 35.5 Å². The molecule has 0 amide bonds. The van der Waals surface area contributed by atoms with E-state index in [2.05, 4.69) is 0 Å². The van der Waals surface area contributed by atoms with Gasteiger partial charge in [0.25, 0.3) is 0 Å². The number of aryl methyl sites for hydroxylation is 1. The number of allylic oxidation sites excluding steroid dienone is 1. The molecule has 0 aliphatic carbocycles. The number of hydrogen-bond donors (Lipinski definition) is 0. The number of carbonyl (C=O) groups is 1. The van der Waals surface area contributed by atoms with Gasteiger partial charge in [-0.15, -0.1) is 0 Å². The Hall–Kier alpha value is -3.40. The van der Waals surface area contributed by atoms with Crippen molar-refractivity contribution in [1.82, 2.24) is 0 Å². The lowest BCUT2D eigenvalue weighted by Crippen LogP contribution is -1.98. The molecule has 0 bridgehead atoms. The zero-order valence-corrected chi connectivity index (χ0v) is 15.7. The molecule has 0 saturated heterocycles. The lowest BCUT2D eigenvalue weighted by atomic mass is 10.1. The highest BCUT2D eigenvalue weighted by Gasteiger charge is 2.30. The average Bonchev–Trinajstić information content (AvgIpc) is 3.01. The second-order valence-corrected chi connectivity index (χ2v) is 6.80. The summed E-state index contributed by atoms with van der Waals surface area (Å²) < 4.78 is 25.6. The number of Topliss-reactive ketones (excluding diaryl/α,β-unsaturated/α-hetero) is 1. The number of carbonyl (C=O) groups excluding carboxylic acids is 1. The van der Waals surface area contributed by atoms with Crippen LogP contribution >= 0.6 is 0 Å². The van der Waals surface area contributed by atoms with Gasteiger partial charge in [0, 0.05) is 11.1 Å². The predicted molar refractivity (Wildman–Crippen MR) is 106 cm³/mol. The average molecular weight is 374 g/mol. The molecule has 0 fully saturated rings. The van der Waals surface area contributed by atoms with Crippen molar-refractivity contribution < 1.29 is 18.7 Å². The molecule has 0 radical (unpaired) electrons. The Morgan fingerprint density at radius 1 is 1.00 bits per heavy atom. The van der Waals surface area contributed by atoms with E-state index in [1.807, 2.05) is 38.1 Å². The smallest absolute Gasteiger partial charge is 0.231 e. The summed E-state index contributed by atoms with van der Waals surface area (Å²) in [5.74, 6) is 0.569. The van der Waals surface area contributed by atoms with Crippen LogP contribution < -0.4 is 9.47 Å². The first kappa shape index (κ1) is 18.0. The molecular formula is C24H19FO3. The number of hydrogen-bond acceptors (Lipinski definition) is 3. The fourth-order valence-corrected chi connectivity index (χ4v) is 3.10. The van der Waals surface area contributed by atoms with E-state index < -0.39 is 5.82 Å². The van der Waals surface area contributed by atoms with Crippen molar-refractivity contribution in [3.63, 3.8) is 0 Å². The molecule has 0 N–H and O–H groups in total. The normalized spacial score (nSPS) is 14.1. The molecule has 3 aromatic rings. The summed E-state index contributed by atoms with van der Waals surface area (Å²) in [7, 11) is 0. The minimum Gasteiger partial charge on any atom is -0.488 e. The Kier molecular flexibility index (Phi) is 4.70. The second-order valence-electron chi connectivity index (χ2n) is 6.80. The van der Waals surface area contributed by atoms with E-state index in [1.54, 1.807) is 30.3 Å². The van der Waals surface area contributed by atoms with Crippen molar-refractivity contribution in [1.29, 1.82) is 0 Å². The first-order chi connectivity index (χ1) is 13.5. The first-order valence-electron chi connectivity index (χ1n) is 9.03. The molecule has 1 aliphatic rings. The van der Waals surface area contributed by atoms with Gasteiger partial charge in [-0.05, 0) is 43.7 Å². The van der Waals surface area contributed by atoms with Gasteiger partial charge >= 0.3 is 0 Å². The van der Waals surface area contributed by atoms with Crippen LogP contribution in [0.15, 0.2) is 66.4 Å². The lowest BCUT2D eigenvalue weighted by molar-refractivity contribution is 0.101. The molecule has 1 heterocycles. The van der Waals surface area contributed by atoms with Gasteiger partial charge in [-0.3, -0.25) is 4.79 Å². The summed E-state index contributed by atoms with van der Waals surface area (Å²) in [5, 5.41) is 0. The van der Waals surface area contributed by atoms with Crippen LogP contribution in [0.1, 0.15) is 32.6 Å². The summed E-state index contributed by atoms with van der Waals surface area (Å²) in [6.45, 7) is 4.31. The Bertz CT molecular complexity index is 1080. The van der Waals surface area contributed by atoms with E-state index in [0.717, 1.165) is 11.1 Å².